The highest BCUT2D eigenvalue weighted by Gasteiger charge is 2.16. The molecule has 1 aromatic rings. The van der Waals surface area contributed by atoms with Crippen molar-refractivity contribution in [2.24, 2.45) is 0 Å². The molecule has 0 saturated heterocycles. The number of hydrogen-bond donors (Lipinski definition) is 0. The van der Waals surface area contributed by atoms with Gasteiger partial charge in [-0.05, 0) is 12.1 Å². The van der Waals surface area contributed by atoms with Gasteiger partial charge >= 0.3 is 0 Å². The Bertz CT molecular complexity index is 508. The summed E-state index contributed by atoms with van der Waals surface area (Å²) in [5.74, 6) is 0. The highest BCUT2D eigenvalue weighted by molar-refractivity contribution is 5.60. The quantitative estimate of drug-likeness (QED) is 0.426. The van der Waals surface area contributed by atoms with Gasteiger partial charge in [0.2, 0.25) is 0 Å². The molecular formula is C13H15N3O3. The molecule has 1 rings (SSSR count). The normalized spacial score (nSPS) is 9.68. The molecule has 100 valence electrons. The molecule has 0 aliphatic carbocycles. The molecule has 1 aromatic carbocycles. The Labute approximate surface area is 111 Å². The van der Waals surface area contributed by atoms with Crippen molar-refractivity contribution in [1.82, 2.24) is 0 Å². The number of nitro benzene ring substituents is 1. The monoisotopic (exact) mass is 261 g/mol. The van der Waals surface area contributed by atoms with Crippen LogP contribution in [0.4, 0.5) is 11.4 Å². The Morgan fingerprint density at radius 2 is 2.37 bits per heavy atom. The fourth-order valence-electron chi connectivity index (χ4n) is 1.65. The van der Waals surface area contributed by atoms with Gasteiger partial charge in [0.25, 0.3) is 5.69 Å². The second-order valence-corrected chi connectivity index (χ2v) is 3.80. The molecule has 0 bridgehead atoms. The van der Waals surface area contributed by atoms with E-state index in [1.54, 1.807) is 19.3 Å². The first-order valence-corrected chi connectivity index (χ1v) is 5.67. The van der Waals surface area contributed by atoms with E-state index in [1.807, 2.05) is 11.0 Å². The molecule has 0 amide bonds. The second kappa shape index (κ2) is 7.13. The predicted molar refractivity (Wildman–Crippen MR) is 72.1 cm³/mol. The van der Waals surface area contributed by atoms with Crippen LogP contribution in [-0.4, -0.2) is 31.7 Å². The number of nitrogens with zero attached hydrogens (tertiary/aromatic N) is 3. The Kier molecular flexibility index (Phi) is 5.51. The Balaban J connectivity index is 3.10. The summed E-state index contributed by atoms with van der Waals surface area (Å²) in [4.78, 5) is 12.3. The minimum absolute atomic E-state index is 0.0547. The van der Waals surface area contributed by atoms with E-state index in [-0.39, 0.29) is 11.3 Å². The summed E-state index contributed by atoms with van der Waals surface area (Å²) in [6.07, 6.45) is 1.71. The van der Waals surface area contributed by atoms with Crippen molar-refractivity contribution >= 4 is 11.4 Å². The van der Waals surface area contributed by atoms with Crippen LogP contribution in [0.5, 0.6) is 0 Å². The van der Waals surface area contributed by atoms with E-state index in [1.165, 1.54) is 12.1 Å². The van der Waals surface area contributed by atoms with Gasteiger partial charge in [-0.1, -0.05) is 6.08 Å². The molecule has 6 nitrogen and oxygen atoms in total. The molecule has 0 aliphatic rings. The number of anilines is 1. The molecule has 19 heavy (non-hydrogen) atoms. The van der Waals surface area contributed by atoms with Crippen molar-refractivity contribution in [2.45, 2.75) is 0 Å². The molecule has 0 saturated carbocycles. The van der Waals surface area contributed by atoms with Crippen LogP contribution in [-0.2, 0) is 4.74 Å². The summed E-state index contributed by atoms with van der Waals surface area (Å²) in [6.45, 7) is 5.30. The number of nitro groups is 1. The molecule has 0 heterocycles. The number of methoxy groups -OCH3 is 1. The van der Waals surface area contributed by atoms with Crippen LogP contribution in [0.2, 0.25) is 0 Å². The van der Waals surface area contributed by atoms with E-state index in [4.69, 9.17) is 10.00 Å². The first-order valence-electron chi connectivity index (χ1n) is 5.67. The third kappa shape index (κ3) is 3.79. The fraction of sp³-hybridized carbons (Fsp3) is 0.308. The second-order valence-electron chi connectivity index (χ2n) is 3.80. The molecule has 6 heteroatoms. The molecular weight excluding hydrogens is 246 g/mol. The van der Waals surface area contributed by atoms with Gasteiger partial charge < -0.3 is 9.64 Å². The first kappa shape index (κ1) is 14.7. The maximum absolute atomic E-state index is 10.9. The Hall–Kier alpha value is -2.39. The van der Waals surface area contributed by atoms with Crippen molar-refractivity contribution in [3.8, 4) is 6.07 Å². The highest BCUT2D eigenvalue weighted by atomic mass is 16.6. The predicted octanol–water partition coefficient (Wildman–Crippen LogP) is 2.11. The van der Waals surface area contributed by atoms with Crippen molar-refractivity contribution < 1.29 is 9.66 Å². The molecule has 0 aromatic heterocycles. The van der Waals surface area contributed by atoms with Gasteiger partial charge in [-0.2, -0.15) is 5.26 Å². The summed E-state index contributed by atoms with van der Waals surface area (Å²) in [7, 11) is 1.59. The van der Waals surface area contributed by atoms with Crippen molar-refractivity contribution in [2.75, 3.05) is 31.7 Å². The lowest BCUT2D eigenvalue weighted by Crippen LogP contribution is -2.27. The third-order valence-corrected chi connectivity index (χ3v) is 2.58. The lowest BCUT2D eigenvalue weighted by molar-refractivity contribution is -0.385. The zero-order valence-electron chi connectivity index (χ0n) is 10.7. The van der Waals surface area contributed by atoms with Crippen LogP contribution in [0.25, 0.3) is 0 Å². The lowest BCUT2D eigenvalue weighted by Gasteiger charge is -2.22. The first-order chi connectivity index (χ1) is 9.13. The molecule has 0 atom stereocenters. The van der Waals surface area contributed by atoms with Gasteiger partial charge in [0, 0.05) is 32.0 Å². The van der Waals surface area contributed by atoms with Gasteiger partial charge in [0.05, 0.1) is 11.5 Å². The summed E-state index contributed by atoms with van der Waals surface area (Å²) < 4.78 is 5.00. The highest BCUT2D eigenvalue weighted by Crippen LogP contribution is 2.25. The number of benzene rings is 1. The summed E-state index contributed by atoms with van der Waals surface area (Å²) >= 11 is 0. The summed E-state index contributed by atoms with van der Waals surface area (Å²) in [5.41, 5.74) is 0.535. The Morgan fingerprint density at radius 1 is 1.63 bits per heavy atom. The topological polar surface area (TPSA) is 79.4 Å². The van der Waals surface area contributed by atoms with Gasteiger partial charge in [-0.15, -0.1) is 6.58 Å². The molecule has 0 unspecified atom stereocenters. The SMILES string of the molecule is C=CCN(CCOC)c1ccc(C#N)c([N+](=O)[O-])c1. The van der Waals surface area contributed by atoms with E-state index in [0.29, 0.717) is 25.4 Å². The fourth-order valence-corrected chi connectivity index (χ4v) is 1.65. The van der Waals surface area contributed by atoms with E-state index in [0.717, 1.165) is 0 Å². The van der Waals surface area contributed by atoms with Gasteiger partial charge in [-0.25, -0.2) is 0 Å². The van der Waals surface area contributed by atoms with Gasteiger partial charge in [0.15, 0.2) is 0 Å². The zero-order chi connectivity index (χ0) is 14.3. The lowest BCUT2D eigenvalue weighted by atomic mass is 10.1. The van der Waals surface area contributed by atoms with Gasteiger partial charge in [0.1, 0.15) is 11.6 Å². The average molecular weight is 261 g/mol. The van der Waals surface area contributed by atoms with Crippen LogP contribution in [0.1, 0.15) is 5.56 Å². The number of nitriles is 1. The maximum Gasteiger partial charge on any atom is 0.289 e. The molecule has 0 N–H and O–H groups in total. The van der Waals surface area contributed by atoms with Crippen LogP contribution in [0.15, 0.2) is 30.9 Å². The van der Waals surface area contributed by atoms with E-state index in [9.17, 15) is 10.1 Å². The minimum atomic E-state index is -0.551. The molecule has 0 spiro atoms. The molecule has 0 aliphatic heterocycles. The number of hydrogen-bond acceptors (Lipinski definition) is 5. The van der Waals surface area contributed by atoms with E-state index < -0.39 is 4.92 Å². The Morgan fingerprint density at radius 3 is 2.89 bits per heavy atom. The van der Waals surface area contributed by atoms with Crippen molar-refractivity contribution in [3.05, 3.63) is 46.5 Å². The van der Waals surface area contributed by atoms with Gasteiger partial charge in [-0.3, -0.25) is 10.1 Å². The maximum atomic E-state index is 10.9. The minimum Gasteiger partial charge on any atom is -0.383 e. The molecule has 0 fully saturated rings. The average Bonchev–Trinajstić information content (AvgIpc) is 2.42. The smallest absolute Gasteiger partial charge is 0.289 e. The molecule has 0 radical (unpaired) electrons. The van der Waals surface area contributed by atoms with E-state index in [2.05, 4.69) is 6.58 Å². The standard InChI is InChI=1S/C13H15N3O3/c1-3-6-15(7-8-19-2)12-5-4-11(10-14)13(9-12)16(17)18/h3-5,9H,1,6-8H2,2H3. The van der Waals surface area contributed by atoms with E-state index >= 15 is 0 Å². The third-order valence-electron chi connectivity index (χ3n) is 2.58. The van der Waals surface area contributed by atoms with Crippen LogP contribution < -0.4 is 4.90 Å². The summed E-state index contributed by atoms with van der Waals surface area (Å²) in [6, 6.07) is 6.35. The number of rotatable bonds is 7. The van der Waals surface area contributed by atoms with Crippen LogP contribution in [0, 0.1) is 21.4 Å². The number of ether oxygens (including phenoxy) is 1. The zero-order valence-corrected chi connectivity index (χ0v) is 10.7. The van der Waals surface area contributed by atoms with Crippen LogP contribution >= 0.6 is 0 Å². The summed E-state index contributed by atoms with van der Waals surface area (Å²) in [5, 5.41) is 19.8. The van der Waals surface area contributed by atoms with Crippen molar-refractivity contribution in [1.29, 1.82) is 5.26 Å². The van der Waals surface area contributed by atoms with Crippen LogP contribution in [0.3, 0.4) is 0 Å². The largest absolute Gasteiger partial charge is 0.383 e. The van der Waals surface area contributed by atoms with Crippen molar-refractivity contribution in [3.63, 3.8) is 0 Å².